The van der Waals surface area contributed by atoms with Gasteiger partial charge in [0.25, 0.3) is 0 Å². The smallest absolute Gasteiger partial charge is 0.104 e. The van der Waals surface area contributed by atoms with E-state index in [1.807, 2.05) is 0 Å². The molecule has 16 heavy (non-hydrogen) atoms. The van der Waals surface area contributed by atoms with Gasteiger partial charge in [0.05, 0.1) is 0 Å². The van der Waals surface area contributed by atoms with Crippen LogP contribution in [0, 0.1) is 5.92 Å². The minimum atomic E-state index is 0.0691. The summed E-state index contributed by atoms with van der Waals surface area (Å²) in [5.41, 5.74) is 6.06. The molecule has 0 radical (unpaired) electrons. The van der Waals surface area contributed by atoms with E-state index in [0.29, 0.717) is 5.92 Å². The summed E-state index contributed by atoms with van der Waals surface area (Å²) in [6, 6.07) is 0. The lowest BCUT2D eigenvalue weighted by molar-refractivity contribution is 0.403. The van der Waals surface area contributed by atoms with E-state index < -0.39 is 0 Å². The fourth-order valence-corrected chi connectivity index (χ4v) is 3.19. The van der Waals surface area contributed by atoms with Gasteiger partial charge in [-0.1, -0.05) is 36.5 Å². The number of allylic oxidation sites excluding steroid dienone is 5. The maximum atomic E-state index is 5.91. The van der Waals surface area contributed by atoms with Crippen molar-refractivity contribution in [3.8, 4) is 0 Å². The zero-order valence-corrected chi connectivity index (χ0v) is 10.5. The van der Waals surface area contributed by atoms with Gasteiger partial charge in [-0.3, -0.25) is 5.32 Å². The normalized spacial score (nSPS) is 39.4. The van der Waals surface area contributed by atoms with E-state index >= 15 is 0 Å². The second-order valence-electron chi connectivity index (χ2n) is 4.67. The Labute approximate surface area is 102 Å². The van der Waals surface area contributed by atoms with Crippen LogP contribution in [0.15, 0.2) is 36.5 Å². The maximum Gasteiger partial charge on any atom is 0.104 e. The molecular formula is C13H20N2S. The van der Waals surface area contributed by atoms with Gasteiger partial charge < -0.3 is 5.73 Å². The van der Waals surface area contributed by atoms with E-state index in [4.69, 9.17) is 5.73 Å². The molecule has 1 aliphatic carbocycles. The molecule has 88 valence electrons. The Morgan fingerprint density at radius 3 is 3.06 bits per heavy atom. The van der Waals surface area contributed by atoms with Crippen LogP contribution in [-0.4, -0.2) is 16.8 Å². The molecule has 3 atom stereocenters. The monoisotopic (exact) mass is 236 g/mol. The van der Waals surface area contributed by atoms with Crippen LogP contribution in [0.25, 0.3) is 0 Å². The molecule has 3 unspecified atom stereocenters. The molecule has 2 aliphatic rings. The van der Waals surface area contributed by atoms with Gasteiger partial charge >= 0.3 is 0 Å². The molecular weight excluding hydrogens is 216 g/mol. The van der Waals surface area contributed by atoms with Crippen LogP contribution in [0.2, 0.25) is 0 Å². The Balaban J connectivity index is 1.94. The van der Waals surface area contributed by atoms with Crippen LogP contribution in [0.5, 0.6) is 0 Å². The largest absolute Gasteiger partial charge is 0.307 e. The molecule has 0 spiro atoms. The van der Waals surface area contributed by atoms with Gasteiger partial charge in [0.1, 0.15) is 5.50 Å². The molecule has 2 nitrogen and oxygen atoms in total. The topological polar surface area (TPSA) is 38.0 Å². The van der Waals surface area contributed by atoms with E-state index in [1.54, 1.807) is 11.8 Å². The summed E-state index contributed by atoms with van der Waals surface area (Å²) in [5.74, 6) is 1.68. The van der Waals surface area contributed by atoms with Crippen molar-refractivity contribution in [1.29, 1.82) is 0 Å². The van der Waals surface area contributed by atoms with Crippen molar-refractivity contribution in [2.24, 2.45) is 11.7 Å². The van der Waals surface area contributed by atoms with E-state index in [-0.39, 0.29) is 11.0 Å². The van der Waals surface area contributed by atoms with Crippen molar-refractivity contribution in [1.82, 2.24) is 5.32 Å². The molecule has 3 heteroatoms. The Bertz CT molecular complexity index is 322. The summed E-state index contributed by atoms with van der Waals surface area (Å²) in [6.45, 7) is 2.23. The molecule has 3 N–H and O–H groups in total. The first kappa shape index (κ1) is 12.0. The fraction of sp³-hybridized carbons (Fsp3) is 0.538. The highest BCUT2D eigenvalue weighted by molar-refractivity contribution is 7.99. The van der Waals surface area contributed by atoms with Gasteiger partial charge in [0.2, 0.25) is 0 Å². The summed E-state index contributed by atoms with van der Waals surface area (Å²) in [6.07, 6.45) is 15.5. The van der Waals surface area contributed by atoms with Gasteiger partial charge in [0, 0.05) is 5.54 Å². The van der Waals surface area contributed by atoms with Crippen LogP contribution < -0.4 is 11.1 Å². The lowest BCUT2D eigenvalue weighted by Gasteiger charge is -2.36. The number of nitrogens with one attached hydrogen (secondary N) is 1. The second-order valence-corrected chi connectivity index (χ2v) is 5.92. The van der Waals surface area contributed by atoms with Crippen LogP contribution in [-0.2, 0) is 0 Å². The third-order valence-electron chi connectivity index (χ3n) is 3.12. The van der Waals surface area contributed by atoms with Crippen LogP contribution >= 0.6 is 11.8 Å². The Kier molecular flexibility index (Phi) is 3.90. The molecule has 1 heterocycles. The van der Waals surface area contributed by atoms with Gasteiger partial charge in [-0.25, -0.2) is 0 Å². The summed E-state index contributed by atoms with van der Waals surface area (Å²) < 4.78 is 0. The van der Waals surface area contributed by atoms with Crippen molar-refractivity contribution in [2.75, 3.05) is 5.75 Å². The molecule has 2 rings (SSSR count). The minimum absolute atomic E-state index is 0.0691. The lowest BCUT2D eigenvalue weighted by Crippen LogP contribution is -2.53. The van der Waals surface area contributed by atoms with E-state index in [0.717, 1.165) is 18.6 Å². The van der Waals surface area contributed by atoms with Crippen molar-refractivity contribution in [3.05, 3.63) is 36.5 Å². The summed E-state index contributed by atoms with van der Waals surface area (Å²) in [4.78, 5) is 0. The third-order valence-corrected chi connectivity index (χ3v) is 4.03. The number of nitrogens with two attached hydrogens (primary N) is 1. The maximum absolute atomic E-state index is 5.91. The molecule has 1 saturated heterocycles. The predicted octanol–water partition coefficient (Wildman–Crippen LogP) is 2.40. The molecule has 0 aromatic heterocycles. The zero-order chi connectivity index (χ0) is 11.4. The highest BCUT2D eigenvalue weighted by Gasteiger charge is 2.27. The van der Waals surface area contributed by atoms with Crippen molar-refractivity contribution >= 4 is 11.8 Å². The molecule has 0 aromatic carbocycles. The molecule has 0 amide bonds. The molecule has 0 aromatic rings. The van der Waals surface area contributed by atoms with E-state index in [2.05, 4.69) is 48.7 Å². The van der Waals surface area contributed by atoms with Crippen LogP contribution in [0.1, 0.15) is 19.8 Å². The van der Waals surface area contributed by atoms with Gasteiger partial charge in [-0.15, -0.1) is 11.8 Å². The summed E-state index contributed by atoms with van der Waals surface area (Å²) in [5, 5.41) is 3.44. The molecule has 1 fully saturated rings. The average molecular weight is 236 g/mol. The quantitative estimate of drug-likeness (QED) is 0.723. The average Bonchev–Trinajstić information content (AvgIpc) is 2.28. The van der Waals surface area contributed by atoms with Gasteiger partial charge in [-0.05, 0) is 31.4 Å². The SMILES string of the molecule is CC1(/C=C/C2C=CC=CC2)CCSC(N)N1. The van der Waals surface area contributed by atoms with Crippen molar-refractivity contribution in [2.45, 2.75) is 30.8 Å². The van der Waals surface area contributed by atoms with Crippen molar-refractivity contribution in [3.63, 3.8) is 0 Å². The third kappa shape index (κ3) is 3.24. The first-order valence-corrected chi connectivity index (χ1v) is 6.90. The molecule has 0 bridgehead atoms. The number of hydrogen-bond acceptors (Lipinski definition) is 3. The standard InChI is InChI=1S/C13H20N2S/c1-13(9-10-16-12(14)15-13)8-7-11-5-3-2-4-6-11/h2-5,7-8,11-12,15H,6,9-10,14H2,1H3/b8-7+. The first-order chi connectivity index (χ1) is 7.68. The highest BCUT2D eigenvalue weighted by atomic mass is 32.2. The van der Waals surface area contributed by atoms with Crippen LogP contribution in [0.4, 0.5) is 0 Å². The Hall–Kier alpha value is -0.510. The highest BCUT2D eigenvalue weighted by Crippen LogP contribution is 2.25. The molecule has 0 saturated carbocycles. The van der Waals surface area contributed by atoms with Gasteiger partial charge in [-0.2, -0.15) is 0 Å². The molecule has 1 aliphatic heterocycles. The number of rotatable bonds is 2. The Morgan fingerprint density at radius 1 is 1.50 bits per heavy atom. The van der Waals surface area contributed by atoms with Gasteiger partial charge in [0.15, 0.2) is 0 Å². The Morgan fingerprint density at radius 2 is 2.38 bits per heavy atom. The van der Waals surface area contributed by atoms with Crippen LogP contribution in [0.3, 0.4) is 0 Å². The number of thioether (sulfide) groups is 1. The minimum Gasteiger partial charge on any atom is -0.307 e. The number of hydrogen-bond donors (Lipinski definition) is 2. The van der Waals surface area contributed by atoms with E-state index in [1.165, 1.54) is 0 Å². The van der Waals surface area contributed by atoms with Crippen molar-refractivity contribution < 1.29 is 0 Å². The lowest BCUT2D eigenvalue weighted by atomic mass is 9.93. The zero-order valence-electron chi connectivity index (χ0n) is 9.73. The van der Waals surface area contributed by atoms with E-state index in [9.17, 15) is 0 Å². The summed E-state index contributed by atoms with van der Waals surface area (Å²) >= 11 is 1.79. The summed E-state index contributed by atoms with van der Waals surface area (Å²) in [7, 11) is 0. The fourth-order valence-electron chi connectivity index (χ4n) is 2.05. The second kappa shape index (κ2) is 5.21. The predicted molar refractivity (Wildman–Crippen MR) is 72.1 cm³/mol. The first-order valence-electron chi connectivity index (χ1n) is 5.86.